The van der Waals surface area contributed by atoms with E-state index in [1.807, 2.05) is 6.92 Å². The van der Waals surface area contributed by atoms with Crippen molar-refractivity contribution in [3.63, 3.8) is 0 Å². The molecule has 0 aliphatic rings. The molecule has 1 aromatic carbocycles. The largest absolute Gasteiger partial charge is 0.458 e. The van der Waals surface area contributed by atoms with E-state index in [9.17, 15) is 4.79 Å². The lowest BCUT2D eigenvalue weighted by molar-refractivity contribution is 0.101. The molecule has 0 N–H and O–H groups in total. The summed E-state index contributed by atoms with van der Waals surface area (Å²) in [5, 5.41) is 0. The molecular weight excluding hydrogens is 228 g/mol. The Morgan fingerprint density at radius 1 is 1.06 bits per heavy atom. The number of hydrogen-bond acceptors (Lipinski definition) is 4. The number of rotatable bonds is 2. The van der Waals surface area contributed by atoms with Crippen LogP contribution in [0.25, 0.3) is 11.0 Å². The van der Waals surface area contributed by atoms with E-state index in [1.165, 1.54) is 0 Å². The van der Waals surface area contributed by atoms with Crippen molar-refractivity contribution >= 4 is 16.8 Å². The van der Waals surface area contributed by atoms with E-state index in [1.54, 1.807) is 42.7 Å². The normalized spacial score (nSPS) is 10.7. The lowest BCUT2D eigenvalue weighted by atomic mass is 10.1. The summed E-state index contributed by atoms with van der Waals surface area (Å²) in [5.74, 6) is 0.922. The second-order valence-corrected chi connectivity index (χ2v) is 4.00. The van der Waals surface area contributed by atoms with Gasteiger partial charge in [0.05, 0.1) is 11.0 Å². The summed E-state index contributed by atoms with van der Waals surface area (Å²) in [6, 6.07) is 8.69. The van der Waals surface area contributed by atoms with Gasteiger partial charge in [-0.25, -0.2) is 0 Å². The zero-order valence-electron chi connectivity index (χ0n) is 9.75. The third-order valence-electron chi connectivity index (χ3n) is 2.70. The van der Waals surface area contributed by atoms with Crippen LogP contribution in [0, 0.1) is 6.92 Å². The Morgan fingerprint density at radius 3 is 2.56 bits per heavy atom. The molecule has 2 aromatic heterocycles. The Bertz CT molecular complexity index is 731. The first-order chi connectivity index (χ1) is 8.74. The highest BCUT2D eigenvalue weighted by molar-refractivity contribution is 6.08. The molecular formula is C14H10N2O2. The number of hydrogen-bond donors (Lipinski definition) is 0. The van der Waals surface area contributed by atoms with Gasteiger partial charge in [-0.2, -0.15) is 0 Å². The fraction of sp³-hybridized carbons (Fsp3) is 0.0714. The summed E-state index contributed by atoms with van der Waals surface area (Å²) < 4.78 is 5.33. The van der Waals surface area contributed by atoms with E-state index < -0.39 is 0 Å². The van der Waals surface area contributed by atoms with Gasteiger partial charge in [-0.15, -0.1) is 0 Å². The van der Waals surface area contributed by atoms with Crippen LogP contribution in [0.2, 0.25) is 0 Å². The Balaban J connectivity index is 2.06. The minimum Gasteiger partial charge on any atom is -0.458 e. The molecule has 0 amide bonds. The highest BCUT2D eigenvalue weighted by Crippen LogP contribution is 2.16. The topological polar surface area (TPSA) is 56.0 Å². The Hall–Kier alpha value is -2.49. The lowest BCUT2D eigenvalue weighted by Gasteiger charge is -2.00. The number of fused-ring (bicyclic) bond motifs is 1. The van der Waals surface area contributed by atoms with Crippen LogP contribution in [0.15, 0.2) is 47.1 Å². The van der Waals surface area contributed by atoms with Crippen molar-refractivity contribution in [3.8, 4) is 0 Å². The fourth-order valence-corrected chi connectivity index (χ4v) is 1.80. The molecule has 0 aliphatic carbocycles. The van der Waals surface area contributed by atoms with Crippen LogP contribution >= 0.6 is 0 Å². The molecule has 4 nitrogen and oxygen atoms in total. The summed E-state index contributed by atoms with van der Waals surface area (Å²) in [7, 11) is 0. The van der Waals surface area contributed by atoms with Crippen LogP contribution in [-0.2, 0) is 0 Å². The first-order valence-corrected chi connectivity index (χ1v) is 5.56. The van der Waals surface area contributed by atoms with Gasteiger partial charge in [-0.1, -0.05) is 0 Å². The maximum atomic E-state index is 12.2. The second kappa shape index (κ2) is 4.07. The van der Waals surface area contributed by atoms with E-state index in [-0.39, 0.29) is 5.78 Å². The number of nitrogens with zero attached hydrogens (tertiary/aromatic N) is 2. The summed E-state index contributed by atoms with van der Waals surface area (Å²) in [6.45, 7) is 1.81. The number of aryl methyl sites for hydroxylation is 1. The van der Waals surface area contributed by atoms with Crippen LogP contribution in [0.3, 0.4) is 0 Å². The predicted molar refractivity (Wildman–Crippen MR) is 66.4 cm³/mol. The van der Waals surface area contributed by atoms with Crippen molar-refractivity contribution in [2.75, 3.05) is 0 Å². The van der Waals surface area contributed by atoms with Crippen molar-refractivity contribution < 1.29 is 9.21 Å². The van der Waals surface area contributed by atoms with Crippen LogP contribution in [0.4, 0.5) is 0 Å². The molecule has 0 bridgehead atoms. The van der Waals surface area contributed by atoms with Gasteiger partial charge in [0.2, 0.25) is 5.78 Å². The summed E-state index contributed by atoms with van der Waals surface area (Å²) in [5.41, 5.74) is 2.02. The van der Waals surface area contributed by atoms with Crippen molar-refractivity contribution in [2.45, 2.75) is 6.92 Å². The fourth-order valence-electron chi connectivity index (χ4n) is 1.80. The third-order valence-corrected chi connectivity index (χ3v) is 2.70. The standard InChI is InChI=1S/C14H10N2O2/c1-9-2-5-13(18-9)14(17)10-3-4-11-12(8-10)16-7-6-15-11/h2-8H,1H3. The molecule has 88 valence electrons. The molecule has 0 saturated heterocycles. The average Bonchev–Trinajstić information content (AvgIpc) is 2.84. The third kappa shape index (κ3) is 1.78. The summed E-state index contributed by atoms with van der Waals surface area (Å²) >= 11 is 0. The summed E-state index contributed by atoms with van der Waals surface area (Å²) in [6.07, 6.45) is 3.23. The number of carbonyl (C=O) groups is 1. The van der Waals surface area contributed by atoms with Gasteiger partial charge in [0.25, 0.3) is 0 Å². The summed E-state index contributed by atoms with van der Waals surface area (Å²) in [4.78, 5) is 20.5. The minimum absolute atomic E-state index is 0.143. The quantitative estimate of drug-likeness (QED) is 0.644. The van der Waals surface area contributed by atoms with E-state index in [0.29, 0.717) is 16.8 Å². The molecule has 18 heavy (non-hydrogen) atoms. The number of ketones is 1. The molecule has 0 radical (unpaired) electrons. The molecule has 0 saturated carbocycles. The van der Waals surface area contributed by atoms with E-state index >= 15 is 0 Å². The highest BCUT2D eigenvalue weighted by Gasteiger charge is 2.13. The number of aromatic nitrogens is 2. The van der Waals surface area contributed by atoms with Crippen molar-refractivity contribution in [1.29, 1.82) is 0 Å². The SMILES string of the molecule is Cc1ccc(C(=O)c2ccc3nccnc3c2)o1. The number of benzene rings is 1. The lowest BCUT2D eigenvalue weighted by Crippen LogP contribution is -1.99. The van der Waals surface area contributed by atoms with E-state index in [4.69, 9.17) is 4.42 Å². The van der Waals surface area contributed by atoms with Gasteiger partial charge in [-0.3, -0.25) is 14.8 Å². The molecule has 0 fully saturated rings. The Labute approximate surface area is 103 Å². The van der Waals surface area contributed by atoms with Gasteiger partial charge in [0.15, 0.2) is 5.76 Å². The maximum absolute atomic E-state index is 12.2. The van der Waals surface area contributed by atoms with Crippen molar-refractivity contribution in [2.24, 2.45) is 0 Å². The number of carbonyl (C=O) groups excluding carboxylic acids is 1. The average molecular weight is 238 g/mol. The van der Waals surface area contributed by atoms with Gasteiger partial charge in [-0.05, 0) is 37.3 Å². The van der Waals surface area contributed by atoms with Gasteiger partial charge < -0.3 is 4.42 Å². The van der Waals surface area contributed by atoms with Gasteiger partial charge >= 0.3 is 0 Å². The predicted octanol–water partition coefficient (Wildman–Crippen LogP) is 2.76. The molecule has 0 spiro atoms. The first kappa shape index (κ1) is 10.7. The number of furan rings is 1. The van der Waals surface area contributed by atoms with Crippen molar-refractivity contribution in [3.05, 3.63) is 59.8 Å². The van der Waals surface area contributed by atoms with Gasteiger partial charge in [0, 0.05) is 18.0 Å². The zero-order valence-corrected chi connectivity index (χ0v) is 9.75. The highest BCUT2D eigenvalue weighted by atomic mass is 16.3. The Morgan fingerprint density at radius 2 is 1.83 bits per heavy atom. The molecule has 2 heterocycles. The van der Waals surface area contributed by atoms with E-state index in [0.717, 1.165) is 11.3 Å². The van der Waals surface area contributed by atoms with Gasteiger partial charge in [0.1, 0.15) is 5.76 Å². The van der Waals surface area contributed by atoms with Crippen LogP contribution < -0.4 is 0 Å². The Kier molecular flexibility index (Phi) is 2.41. The monoisotopic (exact) mass is 238 g/mol. The molecule has 0 atom stereocenters. The second-order valence-electron chi connectivity index (χ2n) is 4.00. The maximum Gasteiger partial charge on any atom is 0.228 e. The molecule has 3 aromatic rings. The smallest absolute Gasteiger partial charge is 0.228 e. The van der Waals surface area contributed by atoms with Crippen molar-refractivity contribution in [1.82, 2.24) is 9.97 Å². The van der Waals surface area contributed by atoms with Crippen LogP contribution in [0.1, 0.15) is 21.9 Å². The molecule has 0 aliphatic heterocycles. The zero-order chi connectivity index (χ0) is 12.5. The molecule has 4 heteroatoms. The molecule has 3 rings (SSSR count). The first-order valence-electron chi connectivity index (χ1n) is 5.56. The minimum atomic E-state index is -0.143. The van der Waals surface area contributed by atoms with Crippen LogP contribution in [-0.4, -0.2) is 15.8 Å². The van der Waals surface area contributed by atoms with Crippen LogP contribution in [0.5, 0.6) is 0 Å². The van der Waals surface area contributed by atoms with E-state index in [2.05, 4.69) is 9.97 Å². The molecule has 0 unspecified atom stereocenters.